The van der Waals surface area contributed by atoms with Gasteiger partial charge in [-0.05, 0) is 13.0 Å². The van der Waals surface area contributed by atoms with E-state index in [9.17, 15) is 9.18 Å². The molecule has 0 aromatic heterocycles. The van der Waals surface area contributed by atoms with Crippen LogP contribution < -0.4 is 15.2 Å². The van der Waals surface area contributed by atoms with Gasteiger partial charge in [0, 0.05) is 11.1 Å². The van der Waals surface area contributed by atoms with Crippen LogP contribution in [-0.4, -0.2) is 20.1 Å². The Kier molecular flexibility index (Phi) is 3.14. The molecule has 0 spiro atoms. The Balaban J connectivity index is 3.49. The molecule has 0 heterocycles. The molecule has 0 saturated heterocycles. The monoisotopic (exact) mass is 213 g/mol. The molecule has 0 aliphatic carbocycles. The highest BCUT2D eigenvalue weighted by Gasteiger charge is 2.19. The van der Waals surface area contributed by atoms with Crippen molar-refractivity contribution in [1.82, 2.24) is 0 Å². The summed E-state index contributed by atoms with van der Waals surface area (Å²) in [7, 11) is 2.68. The van der Waals surface area contributed by atoms with Crippen molar-refractivity contribution in [3.05, 3.63) is 23.0 Å². The topological polar surface area (TPSA) is 61.5 Å². The molecule has 1 aromatic carbocycles. The zero-order chi connectivity index (χ0) is 11.6. The maximum Gasteiger partial charge on any atom is 0.249 e. The Morgan fingerprint density at radius 3 is 2.40 bits per heavy atom. The van der Waals surface area contributed by atoms with Crippen molar-refractivity contribution in [2.24, 2.45) is 5.73 Å². The molecule has 0 fully saturated rings. The third kappa shape index (κ3) is 1.86. The number of hydrogen-bond donors (Lipinski definition) is 1. The van der Waals surface area contributed by atoms with Crippen molar-refractivity contribution in [3.8, 4) is 11.5 Å². The summed E-state index contributed by atoms with van der Waals surface area (Å²) in [5.74, 6) is -1.22. The molecule has 0 aliphatic rings. The number of methoxy groups -OCH3 is 2. The first-order valence-electron chi connectivity index (χ1n) is 4.23. The second-order valence-electron chi connectivity index (χ2n) is 2.96. The smallest absolute Gasteiger partial charge is 0.249 e. The van der Waals surface area contributed by atoms with Crippen molar-refractivity contribution in [2.45, 2.75) is 6.92 Å². The minimum atomic E-state index is -0.702. The molecule has 1 amide bonds. The molecule has 15 heavy (non-hydrogen) atoms. The lowest BCUT2D eigenvalue weighted by Gasteiger charge is -2.12. The number of ether oxygens (including phenoxy) is 2. The van der Waals surface area contributed by atoms with E-state index in [0.717, 1.165) is 0 Å². The minimum Gasteiger partial charge on any atom is -0.493 e. The van der Waals surface area contributed by atoms with Gasteiger partial charge in [-0.3, -0.25) is 4.79 Å². The van der Waals surface area contributed by atoms with Gasteiger partial charge in [0.25, 0.3) is 0 Å². The van der Waals surface area contributed by atoms with Gasteiger partial charge in [-0.15, -0.1) is 0 Å². The molecule has 0 unspecified atom stereocenters. The predicted molar refractivity (Wildman–Crippen MR) is 52.8 cm³/mol. The van der Waals surface area contributed by atoms with Crippen molar-refractivity contribution < 1.29 is 18.7 Å². The Morgan fingerprint density at radius 2 is 2.00 bits per heavy atom. The first-order valence-corrected chi connectivity index (χ1v) is 4.23. The van der Waals surface area contributed by atoms with Crippen LogP contribution in [0.4, 0.5) is 4.39 Å². The number of benzene rings is 1. The van der Waals surface area contributed by atoms with Crippen LogP contribution in [-0.2, 0) is 0 Å². The van der Waals surface area contributed by atoms with Crippen molar-refractivity contribution >= 4 is 5.91 Å². The molecule has 0 saturated carbocycles. The van der Waals surface area contributed by atoms with E-state index < -0.39 is 11.7 Å². The lowest BCUT2D eigenvalue weighted by Crippen LogP contribution is -2.14. The van der Waals surface area contributed by atoms with Gasteiger partial charge in [0.1, 0.15) is 0 Å². The van der Waals surface area contributed by atoms with Gasteiger partial charge in [-0.1, -0.05) is 0 Å². The fourth-order valence-corrected chi connectivity index (χ4v) is 1.30. The lowest BCUT2D eigenvalue weighted by atomic mass is 10.1. The molecular formula is C10H12FNO3. The highest BCUT2D eigenvalue weighted by atomic mass is 19.1. The number of amides is 1. The van der Waals surface area contributed by atoms with Crippen molar-refractivity contribution in [2.75, 3.05) is 14.2 Å². The summed E-state index contributed by atoms with van der Waals surface area (Å²) in [4.78, 5) is 11.0. The fourth-order valence-electron chi connectivity index (χ4n) is 1.30. The van der Waals surface area contributed by atoms with E-state index in [-0.39, 0.29) is 22.6 Å². The van der Waals surface area contributed by atoms with Crippen LogP contribution in [0.25, 0.3) is 0 Å². The lowest BCUT2D eigenvalue weighted by molar-refractivity contribution is 0.0998. The highest BCUT2D eigenvalue weighted by Crippen LogP contribution is 2.33. The van der Waals surface area contributed by atoms with E-state index in [0.29, 0.717) is 0 Å². The molecule has 0 bridgehead atoms. The maximum absolute atomic E-state index is 13.7. The van der Waals surface area contributed by atoms with E-state index in [1.54, 1.807) is 0 Å². The molecule has 0 aliphatic heterocycles. The quantitative estimate of drug-likeness (QED) is 0.821. The zero-order valence-electron chi connectivity index (χ0n) is 8.76. The molecule has 4 nitrogen and oxygen atoms in total. The van der Waals surface area contributed by atoms with E-state index in [4.69, 9.17) is 15.2 Å². The zero-order valence-corrected chi connectivity index (χ0v) is 8.76. The number of hydrogen-bond acceptors (Lipinski definition) is 3. The summed E-state index contributed by atoms with van der Waals surface area (Å²) >= 11 is 0. The number of rotatable bonds is 3. The van der Waals surface area contributed by atoms with E-state index in [1.807, 2.05) is 0 Å². The first-order chi connectivity index (χ1) is 7.02. The van der Waals surface area contributed by atoms with Crippen molar-refractivity contribution in [3.63, 3.8) is 0 Å². The third-order valence-electron chi connectivity index (χ3n) is 2.12. The van der Waals surface area contributed by atoms with Gasteiger partial charge in [0.05, 0.1) is 14.2 Å². The minimum absolute atomic E-state index is 0.0278. The summed E-state index contributed by atoms with van der Waals surface area (Å²) in [6.07, 6.45) is 0. The maximum atomic E-state index is 13.7. The van der Waals surface area contributed by atoms with Crippen LogP contribution in [0.1, 0.15) is 15.9 Å². The van der Waals surface area contributed by atoms with Crippen molar-refractivity contribution in [1.29, 1.82) is 0 Å². The SMILES string of the molecule is COc1cc(C(N)=O)c(C)c(F)c1OC. The fraction of sp³-hybridized carbons (Fsp3) is 0.300. The first kappa shape index (κ1) is 11.3. The van der Waals surface area contributed by atoms with Gasteiger partial charge in [-0.2, -0.15) is 0 Å². The Bertz CT molecular complexity index is 404. The van der Waals surface area contributed by atoms with Crippen LogP contribution in [0.15, 0.2) is 6.07 Å². The third-order valence-corrected chi connectivity index (χ3v) is 2.12. The summed E-state index contributed by atoms with van der Waals surface area (Å²) in [6, 6.07) is 1.36. The Labute approximate surface area is 86.8 Å². The van der Waals surface area contributed by atoms with Crippen LogP contribution in [0, 0.1) is 12.7 Å². The normalized spacial score (nSPS) is 9.87. The molecule has 1 rings (SSSR count). The molecule has 1 aromatic rings. The number of primary amides is 1. The van der Waals surface area contributed by atoms with Crippen LogP contribution in [0.2, 0.25) is 0 Å². The largest absolute Gasteiger partial charge is 0.493 e. The summed E-state index contributed by atoms with van der Waals surface area (Å²) < 4.78 is 23.4. The number of nitrogens with two attached hydrogens (primary N) is 1. The molecule has 0 atom stereocenters. The second kappa shape index (κ2) is 4.16. The van der Waals surface area contributed by atoms with E-state index >= 15 is 0 Å². The molecule has 0 radical (unpaired) electrons. The van der Waals surface area contributed by atoms with Gasteiger partial charge >= 0.3 is 0 Å². The van der Waals surface area contributed by atoms with Gasteiger partial charge in [0.2, 0.25) is 5.91 Å². The van der Waals surface area contributed by atoms with Gasteiger partial charge in [0.15, 0.2) is 17.3 Å². The van der Waals surface area contributed by atoms with Crippen LogP contribution >= 0.6 is 0 Å². The highest BCUT2D eigenvalue weighted by molar-refractivity contribution is 5.95. The predicted octanol–water partition coefficient (Wildman–Crippen LogP) is 1.25. The summed E-state index contributed by atoms with van der Waals surface area (Å²) in [6.45, 7) is 1.46. The Morgan fingerprint density at radius 1 is 1.40 bits per heavy atom. The molecule has 5 heteroatoms. The Hall–Kier alpha value is -1.78. The summed E-state index contributed by atoms with van der Waals surface area (Å²) in [5.41, 5.74) is 5.34. The second-order valence-corrected chi connectivity index (χ2v) is 2.96. The molecule has 2 N–H and O–H groups in total. The van der Waals surface area contributed by atoms with Gasteiger partial charge in [-0.25, -0.2) is 4.39 Å². The number of carbonyl (C=O) groups excluding carboxylic acids is 1. The average Bonchev–Trinajstić information content (AvgIpc) is 2.21. The number of carbonyl (C=O) groups is 1. The van der Waals surface area contributed by atoms with Crippen LogP contribution in [0.3, 0.4) is 0 Å². The van der Waals surface area contributed by atoms with Gasteiger partial charge < -0.3 is 15.2 Å². The van der Waals surface area contributed by atoms with E-state index in [1.165, 1.54) is 27.2 Å². The average molecular weight is 213 g/mol. The molecular weight excluding hydrogens is 201 g/mol. The molecule has 82 valence electrons. The number of halogens is 1. The van der Waals surface area contributed by atoms with E-state index in [2.05, 4.69) is 0 Å². The standard InChI is InChI=1S/C10H12FNO3/c1-5-6(10(12)13)4-7(14-2)9(15-3)8(5)11/h4H,1-3H3,(H2,12,13). The summed E-state index contributed by atoms with van der Waals surface area (Å²) in [5, 5.41) is 0. The van der Waals surface area contributed by atoms with Crippen LogP contribution in [0.5, 0.6) is 11.5 Å².